The van der Waals surface area contributed by atoms with Gasteiger partial charge in [-0.3, -0.25) is 0 Å². The van der Waals surface area contributed by atoms with Crippen LogP contribution in [0.15, 0.2) is 12.2 Å². The Labute approximate surface area is 137 Å². The van der Waals surface area contributed by atoms with E-state index >= 15 is 0 Å². The normalized spacial score (nSPS) is 11.8. The van der Waals surface area contributed by atoms with Crippen LogP contribution in [0.3, 0.4) is 0 Å². The number of rotatable bonds is 16. The molecule has 0 spiro atoms. The van der Waals surface area contributed by atoms with Crippen molar-refractivity contribution in [3.8, 4) is 0 Å². The lowest BCUT2D eigenvalue weighted by molar-refractivity contribution is -0.146. The maximum atomic E-state index is 5.73. The van der Waals surface area contributed by atoms with Gasteiger partial charge in [-0.25, -0.2) is 0 Å². The van der Waals surface area contributed by atoms with Crippen molar-refractivity contribution in [2.24, 2.45) is 0 Å². The van der Waals surface area contributed by atoms with Gasteiger partial charge in [0.1, 0.15) is 0 Å². The second-order valence-electron chi connectivity index (χ2n) is 5.47. The molecule has 3 heteroatoms. The third kappa shape index (κ3) is 16.2. The second-order valence-corrected chi connectivity index (χ2v) is 5.84. The summed E-state index contributed by atoms with van der Waals surface area (Å²) in [6, 6.07) is 0. The Balaban J connectivity index is 3.43. The van der Waals surface area contributed by atoms with Crippen LogP contribution < -0.4 is 0 Å². The molecule has 0 rings (SSSR count). The van der Waals surface area contributed by atoms with Gasteiger partial charge < -0.3 is 9.47 Å². The van der Waals surface area contributed by atoms with E-state index in [2.05, 4.69) is 26.0 Å². The van der Waals surface area contributed by atoms with Gasteiger partial charge in [0.15, 0.2) is 6.29 Å². The van der Waals surface area contributed by atoms with Crippen molar-refractivity contribution < 1.29 is 9.47 Å². The SMILES string of the molecule is CCCOC(CCCCCCC/C=C\CCCl)OCCC. The molecular formula is C18H35ClO2. The summed E-state index contributed by atoms with van der Waals surface area (Å²) in [7, 11) is 0. The van der Waals surface area contributed by atoms with E-state index in [0.717, 1.165) is 44.8 Å². The highest BCUT2D eigenvalue weighted by Crippen LogP contribution is 2.12. The zero-order valence-corrected chi connectivity index (χ0v) is 14.9. The molecule has 0 aliphatic carbocycles. The minimum atomic E-state index is 0.0170. The van der Waals surface area contributed by atoms with Crippen LogP contribution in [-0.2, 0) is 9.47 Å². The van der Waals surface area contributed by atoms with E-state index in [9.17, 15) is 0 Å². The third-order valence-corrected chi connectivity index (χ3v) is 3.49. The van der Waals surface area contributed by atoms with Gasteiger partial charge in [0.2, 0.25) is 0 Å². The summed E-state index contributed by atoms with van der Waals surface area (Å²) in [4.78, 5) is 0. The van der Waals surface area contributed by atoms with Crippen LogP contribution >= 0.6 is 11.6 Å². The fourth-order valence-electron chi connectivity index (χ4n) is 2.12. The van der Waals surface area contributed by atoms with E-state index in [1.54, 1.807) is 0 Å². The van der Waals surface area contributed by atoms with Gasteiger partial charge >= 0.3 is 0 Å². The lowest BCUT2D eigenvalue weighted by atomic mass is 10.1. The Kier molecular flexibility index (Phi) is 18.0. The number of ether oxygens (including phenoxy) is 2. The molecule has 0 amide bonds. The van der Waals surface area contributed by atoms with E-state index in [1.807, 2.05) is 0 Å². The fourth-order valence-corrected chi connectivity index (χ4v) is 2.24. The molecule has 0 aromatic carbocycles. The first-order chi connectivity index (χ1) is 10.3. The van der Waals surface area contributed by atoms with Crippen LogP contribution in [0.4, 0.5) is 0 Å². The van der Waals surface area contributed by atoms with E-state index in [4.69, 9.17) is 21.1 Å². The van der Waals surface area contributed by atoms with Gasteiger partial charge in [-0.1, -0.05) is 45.3 Å². The van der Waals surface area contributed by atoms with Crippen LogP contribution in [0.2, 0.25) is 0 Å². The molecule has 0 aromatic heterocycles. The summed E-state index contributed by atoms with van der Waals surface area (Å²) in [5, 5.41) is 0. The van der Waals surface area contributed by atoms with Gasteiger partial charge in [0.05, 0.1) is 0 Å². The molecule has 0 bridgehead atoms. The lowest BCUT2D eigenvalue weighted by Crippen LogP contribution is -2.18. The average molecular weight is 319 g/mol. The van der Waals surface area contributed by atoms with Gasteiger partial charge in [0, 0.05) is 19.1 Å². The molecule has 2 nitrogen and oxygen atoms in total. The predicted molar refractivity (Wildman–Crippen MR) is 93.1 cm³/mol. The average Bonchev–Trinajstić information content (AvgIpc) is 2.51. The van der Waals surface area contributed by atoms with Crippen molar-refractivity contribution in [2.45, 2.75) is 84.3 Å². The van der Waals surface area contributed by atoms with Gasteiger partial charge in [-0.05, 0) is 44.9 Å². The molecule has 0 atom stereocenters. The highest BCUT2D eigenvalue weighted by molar-refractivity contribution is 6.17. The molecule has 0 aliphatic heterocycles. The van der Waals surface area contributed by atoms with Crippen molar-refractivity contribution in [1.82, 2.24) is 0 Å². The summed E-state index contributed by atoms with van der Waals surface area (Å²) in [5.41, 5.74) is 0. The molecule has 0 unspecified atom stereocenters. The Bertz CT molecular complexity index is 211. The largest absolute Gasteiger partial charge is 0.353 e. The Hall–Kier alpha value is -0.0500. The smallest absolute Gasteiger partial charge is 0.157 e. The predicted octanol–water partition coefficient (Wildman–Crippen LogP) is 6.08. The van der Waals surface area contributed by atoms with E-state index in [-0.39, 0.29) is 6.29 Å². The van der Waals surface area contributed by atoms with Crippen LogP contribution in [0.1, 0.15) is 78.1 Å². The maximum Gasteiger partial charge on any atom is 0.157 e. The van der Waals surface area contributed by atoms with E-state index in [0.29, 0.717) is 0 Å². The van der Waals surface area contributed by atoms with Crippen LogP contribution in [-0.4, -0.2) is 25.4 Å². The summed E-state index contributed by atoms with van der Waals surface area (Å²) in [5.74, 6) is 0.734. The maximum absolute atomic E-state index is 5.73. The number of halogens is 1. The second kappa shape index (κ2) is 18.0. The number of unbranched alkanes of at least 4 members (excludes halogenated alkanes) is 5. The molecular weight excluding hydrogens is 284 g/mol. The molecule has 0 fully saturated rings. The van der Waals surface area contributed by atoms with Crippen LogP contribution in [0, 0.1) is 0 Å². The Morgan fingerprint density at radius 2 is 1.38 bits per heavy atom. The summed E-state index contributed by atoms with van der Waals surface area (Å²) >= 11 is 5.62. The van der Waals surface area contributed by atoms with Crippen LogP contribution in [0.5, 0.6) is 0 Å². The summed E-state index contributed by atoms with van der Waals surface area (Å²) in [6.45, 7) is 5.89. The molecule has 0 aromatic rings. The standard InChI is InChI=1S/C18H35ClO2/c1-3-16-20-18(21-17-4-2)14-12-10-8-6-5-7-9-11-13-15-19/h9,11,18H,3-8,10,12-17H2,1-2H3/b11-9-. The quantitative estimate of drug-likeness (QED) is 0.148. The lowest BCUT2D eigenvalue weighted by Gasteiger charge is -2.18. The molecule has 0 saturated heterocycles. The Morgan fingerprint density at radius 1 is 0.810 bits per heavy atom. The minimum Gasteiger partial charge on any atom is -0.353 e. The third-order valence-electron chi connectivity index (χ3n) is 3.27. The van der Waals surface area contributed by atoms with Crippen molar-refractivity contribution in [1.29, 1.82) is 0 Å². The molecule has 126 valence electrons. The van der Waals surface area contributed by atoms with Crippen molar-refractivity contribution >= 4 is 11.6 Å². The number of hydrogen-bond donors (Lipinski definition) is 0. The molecule has 0 radical (unpaired) electrons. The van der Waals surface area contributed by atoms with E-state index in [1.165, 1.54) is 38.5 Å². The molecule has 0 saturated carbocycles. The number of allylic oxidation sites excluding steroid dienone is 2. The van der Waals surface area contributed by atoms with Crippen LogP contribution in [0.25, 0.3) is 0 Å². The summed E-state index contributed by atoms with van der Waals surface area (Å²) in [6.07, 6.45) is 16.2. The highest BCUT2D eigenvalue weighted by atomic mass is 35.5. The zero-order valence-electron chi connectivity index (χ0n) is 14.1. The first-order valence-electron chi connectivity index (χ1n) is 8.79. The van der Waals surface area contributed by atoms with Crippen molar-refractivity contribution in [3.63, 3.8) is 0 Å². The first kappa shape index (κ1) is 20.9. The number of hydrogen-bond acceptors (Lipinski definition) is 2. The minimum absolute atomic E-state index is 0.0170. The molecule has 21 heavy (non-hydrogen) atoms. The molecule has 0 aliphatic rings. The van der Waals surface area contributed by atoms with Crippen molar-refractivity contribution in [3.05, 3.63) is 12.2 Å². The topological polar surface area (TPSA) is 18.5 Å². The molecule has 0 heterocycles. The molecule has 0 N–H and O–H groups in total. The van der Waals surface area contributed by atoms with E-state index < -0.39 is 0 Å². The van der Waals surface area contributed by atoms with Gasteiger partial charge in [-0.2, -0.15) is 0 Å². The first-order valence-corrected chi connectivity index (χ1v) is 9.32. The van der Waals surface area contributed by atoms with Crippen molar-refractivity contribution in [2.75, 3.05) is 19.1 Å². The zero-order chi connectivity index (χ0) is 15.6. The van der Waals surface area contributed by atoms with Gasteiger partial charge in [0.25, 0.3) is 0 Å². The fraction of sp³-hybridized carbons (Fsp3) is 0.889. The Morgan fingerprint density at radius 3 is 2.00 bits per heavy atom. The van der Waals surface area contributed by atoms with Gasteiger partial charge in [-0.15, -0.1) is 11.6 Å². The number of alkyl halides is 1. The summed E-state index contributed by atoms with van der Waals surface area (Å²) < 4.78 is 11.5. The highest BCUT2D eigenvalue weighted by Gasteiger charge is 2.07. The monoisotopic (exact) mass is 318 g/mol.